The van der Waals surface area contributed by atoms with Crippen molar-refractivity contribution < 1.29 is 17.9 Å². The molecule has 0 atom stereocenters. The van der Waals surface area contributed by atoms with Crippen molar-refractivity contribution in [3.05, 3.63) is 70.8 Å². The average Bonchev–Trinajstić information content (AvgIpc) is 2.72. The monoisotopic (exact) mass is 391 g/mol. The molecule has 4 rings (SSSR count). The van der Waals surface area contributed by atoms with Crippen LogP contribution >= 0.6 is 0 Å². The SMILES string of the molecule is N#Cc1c(N)c(C#N)c(-c2ccccc2C(F)(F)F)c2c1-c1ccccc1OC2. The van der Waals surface area contributed by atoms with Gasteiger partial charge in [-0.05, 0) is 17.7 Å². The number of nitrogens with zero attached hydrogens (tertiary/aromatic N) is 2. The van der Waals surface area contributed by atoms with E-state index in [0.717, 1.165) is 6.07 Å². The van der Waals surface area contributed by atoms with E-state index in [2.05, 4.69) is 0 Å². The number of hydrogen-bond acceptors (Lipinski definition) is 4. The Kier molecular flexibility index (Phi) is 4.17. The van der Waals surface area contributed by atoms with Gasteiger partial charge in [-0.3, -0.25) is 0 Å². The van der Waals surface area contributed by atoms with E-state index in [4.69, 9.17) is 10.5 Å². The maximum atomic E-state index is 13.7. The van der Waals surface area contributed by atoms with Crippen molar-refractivity contribution in [2.45, 2.75) is 12.8 Å². The number of benzene rings is 3. The summed E-state index contributed by atoms with van der Waals surface area (Å²) < 4.78 is 46.8. The van der Waals surface area contributed by atoms with E-state index in [1.54, 1.807) is 24.3 Å². The molecule has 0 fully saturated rings. The Bertz CT molecular complexity index is 1230. The fourth-order valence-corrected chi connectivity index (χ4v) is 3.69. The predicted octanol–water partition coefficient (Wildman–Crippen LogP) is 5.26. The summed E-state index contributed by atoms with van der Waals surface area (Å²) in [6.07, 6.45) is -4.63. The summed E-state index contributed by atoms with van der Waals surface area (Å²) in [6, 6.07) is 15.8. The summed E-state index contributed by atoms with van der Waals surface area (Å²) in [4.78, 5) is 0. The Balaban J connectivity index is 2.19. The molecule has 0 aliphatic carbocycles. The summed E-state index contributed by atoms with van der Waals surface area (Å²) in [7, 11) is 0. The number of anilines is 1. The molecule has 0 unspecified atom stereocenters. The third-order valence-corrected chi connectivity index (χ3v) is 4.90. The first-order valence-corrected chi connectivity index (χ1v) is 8.55. The number of nitrogen functional groups attached to an aromatic ring is 1. The molecule has 29 heavy (non-hydrogen) atoms. The lowest BCUT2D eigenvalue weighted by molar-refractivity contribution is -0.137. The van der Waals surface area contributed by atoms with Crippen molar-refractivity contribution in [1.29, 1.82) is 10.5 Å². The lowest BCUT2D eigenvalue weighted by Crippen LogP contribution is -2.14. The van der Waals surface area contributed by atoms with Gasteiger partial charge in [0.2, 0.25) is 0 Å². The zero-order chi connectivity index (χ0) is 20.8. The third kappa shape index (κ3) is 2.76. The van der Waals surface area contributed by atoms with E-state index in [0.29, 0.717) is 22.4 Å². The number of ether oxygens (including phenoxy) is 1. The van der Waals surface area contributed by atoms with Crippen LogP contribution in [-0.4, -0.2) is 0 Å². The van der Waals surface area contributed by atoms with Gasteiger partial charge in [0, 0.05) is 22.3 Å². The Hall–Kier alpha value is -3.97. The van der Waals surface area contributed by atoms with Crippen molar-refractivity contribution in [1.82, 2.24) is 0 Å². The number of rotatable bonds is 1. The highest BCUT2D eigenvalue weighted by atomic mass is 19.4. The van der Waals surface area contributed by atoms with Gasteiger partial charge in [-0.15, -0.1) is 0 Å². The smallest absolute Gasteiger partial charge is 0.417 e. The highest BCUT2D eigenvalue weighted by molar-refractivity contribution is 5.95. The zero-order valence-electron chi connectivity index (χ0n) is 14.8. The van der Waals surface area contributed by atoms with Crippen LogP contribution in [0.15, 0.2) is 48.5 Å². The molecule has 0 radical (unpaired) electrons. The van der Waals surface area contributed by atoms with Crippen LogP contribution in [-0.2, 0) is 12.8 Å². The average molecular weight is 391 g/mol. The number of para-hydroxylation sites is 1. The molecule has 1 aliphatic rings. The van der Waals surface area contributed by atoms with E-state index in [9.17, 15) is 23.7 Å². The van der Waals surface area contributed by atoms with Crippen LogP contribution in [0.1, 0.15) is 22.3 Å². The molecule has 1 heterocycles. The molecule has 0 spiro atoms. The predicted molar refractivity (Wildman–Crippen MR) is 100 cm³/mol. The normalized spacial score (nSPS) is 12.2. The maximum Gasteiger partial charge on any atom is 0.417 e. The van der Waals surface area contributed by atoms with Gasteiger partial charge < -0.3 is 10.5 Å². The van der Waals surface area contributed by atoms with Crippen LogP contribution in [0, 0.1) is 22.7 Å². The van der Waals surface area contributed by atoms with E-state index in [1.807, 2.05) is 12.1 Å². The van der Waals surface area contributed by atoms with E-state index >= 15 is 0 Å². The van der Waals surface area contributed by atoms with Gasteiger partial charge in [-0.25, -0.2) is 0 Å². The largest absolute Gasteiger partial charge is 0.488 e. The number of halogens is 3. The standard InChI is InChI=1S/C22H12F3N3O/c23-22(24,25)17-7-3-1-5-12(17)19-14(9-26)21(28)15(10-27)20-13-6-2-4-8-18(13)29-11-16(19)20/h1-8H,11,28H2. The second-order valence-electron chi connectivity index (χ2n) is 6.44. The number of nitriles is 2. The molecule has 0 saturated carbocycles. The highest BCUT2D eigenvalue weighted by Crippen LogP contribution is 2.49. The number of hydrogen-bond donors (Lipinski definition) is 1. The second-order valence-corrected chi connectivity index (χ2v) is 6.44. The fraction of sp³-hybridized carbons (Fsp3) is 0.0909. The van der Waals surface area contributed by atoms with Gasteiger partial charge in [-0.1, -0.05) is 36.4 Å². The minimum absolute atomic E-state index is 0.0430. The first-order chi connectivity index (χ1) is 13.9. The Labute approximate surface area is 164 Å². The van der Waals surface area contributed by atoms with Crippen molar-refractivity contribution >= 4 is 5.69 Å². The molecule has 3 aromatic carbocycles. The lowest BCUT2D eigenvalue weighted by Gasteiger charge is -2.27. The highest BCUT2D eigenvalue weighted by Gasteiger charge is 2.36. The summed E-state index contributed by atoms with van der Waals surface area (Å²) in [5.74, 6) is 0.496. The summed E-state index contributed by atoms with van der Waals surface area (Å²) >= 11 is 0. The van der Waals surface area contributed by atoms with Crippen LogP contribution < -0.4 is 10.5 Å². The Morgan fingerprint density at radius 2 is 1.41 bits per heavy atom. The first kappa shape index (κ1) is 18.4. The number of fused-ring (bicyclic) bond motifs is 3. The molecule has 0 bridgehead atoms. The lowest BCUT2D eigenvalue weighted by atomic mass is 9.82. The van der Waals surface area contributed by atoms with Gasteiger partial charge in [0.25, 0.3) is 0 Å². The van der Waals surface area contributed by atoms with Gasteiger partial charge in [0.15, 0.2) is 0 Å². The molecule has 0 amide bonds. The molecule has 2 N–H and O–H groups in total. The fourth-order valence-electron chi connectivity index (χ4n) is 3.69. The third-order valence-electron chi connectivity index (χ3n) is 4.90. The number of nitrogens with two attached hydrogens (primary N) is 1. The molecule has 0 saturated heterocycles. The van der Waals surface area contributed by atoms with E-state index in [1.165, 1.54) is 18.2 Å². The van der Waals surface area contributed by atoms with Crippen molar-refractivity contribution in [3.63, 3.8) is 0 Å². The van der Waals surface area contributed by atoms with Gasteiger partial charge in [0.1, 0.15) is 24.5 Å². The summed E-state index contributed by atoms with van der Waals surface area (Å²) in [5.41, 5.74) is 6.13. The molecular weight excluding hydrogens is 379 g/mol. The minimum Gasteiger partial charge on any atom is -0.488 e. The van der Waals surface area contributed by atoms with E-state index in [-0.39, 0.29) is 34.5 Å². The molecule has 0 aromatic heterocycles. The second kappa shape index (κ2) is 6.57. The maximum absolute atomic E-state index is 13.7. The van der Waals surface area contributed by atoms with Gasteiger partial charge in [0.05, 0.1) is 22.4 Å². The van der Waals surface area contributed by atoms with Gasteiger partial charge >= 0.3 is 6.18 Å². The Morgan fingerprint density at radius 1 is 0.862 bits per heavy atom. The van der Waals surface area contributed by atoms with Crippen LogP contribution in [0.4, 0.5) is 18.9 Å². The molecule has 7 heteroatoms. The van der Waals surface area contributed by atoms with Crippen molar-refractivity contribution in [2.24, 2.45) is 0 Å². The molecule has 1 aliphatic heterocycles. The Morgan fingerprint density at radius 3 is 2.03 bits per heavy atom. The topological polar surface area (TPSA) is 82.8 Å². The minimum atomic E-state index is -4.63. The summed E-state index contributed by atoms with van der Waals surface area (Å²) in [5, 5.41) is 19.4. The van der Waals surface area contributed by atoms with Crippen molar-refractivity contribution in [3.8, 4) is 40.1 Å². The van der Waals surface area contributed by atoms with Crippen LogP contribution in [0.2, 0.25) is 0 Å². The summed E-state index contributed by atoms with van der Waals surface area (Å²) in [6.45, 7) is -0.0858. The zero-order valence-corrected chi connectivity index (χ0v) is 14.8. The van der Waals surface area contributed by atoms with Gasteiger partial charge in [-0.2, -0.15) is 23.7 Å². The van der Waals surface area contributed by atoms with Crippen molar-refractivity contribution in [2.75, 3.05) is 5.73 Å². The van der Waals surface area contributed by atoms with Crippen LogP contribution in [0.5, 0.6) is 5.75 Å². The number of alkyl halides is 3. The molecule has 3 aromatic rings. The molecule has 142 valence electrons. The molecule has 4 nitrogen and oxygen atoms in total. The molecular formula is C22H12F3N3O. The van der Waals surface area contributed by atoms with E-state index < -0.39 is 11.7 Å². The van der Waals surface area contributed by atoms with Crippen LogP contribution in [0.25, 0.3) is 22.3 Å². The first-order valence-electron chi connectivity index (χ1n) is 8.55. The quantitative estimate of drug-likeness (QED) is 0.574. The van der Waals surface area contributed by atoms with Crippen LogP contribution in [0.3, 0.4) is 0 Å².